The molecule has 2 aromatic carbocycles. The highest BCUT2D eigenvalue weighted by atomic mass is 16.5. The van der Waals surface area contributed by atoms with Gasteiger partial charge in [0.2, 0.25) is 0 Å². The smallest absolute Gasteiger partial charge is 0.169 e. The minimum absolute atomic E-state index is 0.188. The molecule has 0 saturated carbocycles. The maximum atomic E-state index is 10.4. The molecule has 4 nitrogen and oxygen atoms in total. The molecule has 1 heterocycles. The van der Waals surface area contributed by atoms with Gasteiger partial charge in [0.1, 0.15) is 5.75 Å². The first-order valence-electron chi connectivity index (χ1n) is 9.13. The third-order valence-electron chi connectivity index (χ3n) is 4.47. The number of pyridine rings is 1. The predicted molar refractivity (Wildman–Crippen MR) is 108 cm³/mol. The van der Waals surface area contributed by atoms with Crippen molar-refractivity contribution < 1.29 is 9.84 Å². The van der Waals surface area contributed by atoms with Gasteiger partial charge in [0.15, 0.2) is 11.5 Å². The van der Waals surface area contributed by atoms with Gasteiger partial charge in [-0.15, -0.1) is 0 Å². The summed E-state index contributed by atoms with van der Waals surface area (Å²) in [4.78, 5) is 4.34. The van der Waals surface area contributed by atoms with E-state index in [0.29, 0.717) is 18.8 Å². The molecule has 0 bridgehead atoms. The van der Waals surface area contributed by atoms with Gasteiger partial charge in [-0.3, -0.25) is 4.98 Å². The number of nitrogens with zero attached hydrogens (tertiary/aromatic N) is 1. The highest BCUT2D eigenvalue weighted by molar-refractivity contribution is 5.52. The largest absolute Gasteiger partial charge is 0.504 e. The summed E-state index contributed by atoms with van der Waals surface area (Å²) in [7, 11) is 0. The number of aromatic nitrogens is 1. The van der Waals surface area contributed by atoms with Crippen molar-refractivity contribution >= 4 is 0 Å². The Bertz CT molecular complexity index is 937. The Kier molecular flexibility index (Phi) is 5.77. The Morgan fingerprint density at radius 1 is 0.926 bits per heavy atom. The van der Waals surface area contributed by atoms with Crippen LogP contribution in [0.5, 0.6) is 17.2 Å². The Balaban J connectivity index is 1.84. The van der Waals surface area contributed by atoms with Crippen molar-refractivity contribution in [2.45, 2.75) is 40.8 Å². The average Bonchev–Trinajstić information content (AvgIpc) is 2.62. The third-order valence-corrected chi connectivity index (χ3v) is 4.47. The number of aryl methyl sites for hydroxylation is 4. The van der Waals surface area contributed by atoms with Crippen LogP contribution >= 0.6 is 0 Å². The topological polar surface area (TPSA) is 54.4 Å². The first-order valence-corrected chi connectivity index (χ1v) is 9.13. The Morgan fingerprint density at radius 2 is 1.67 bits per heavy atom. The van der Waals surface area contributed by atoms with Gasteiger partial charge < -0.3 is 15.2 Å². The van der Waals surface area contributed by atoms with Crippen LogP contribution in [0.25, 0.3) is 0 Å². The maximum absolute atomic E-state index is 10.4. The lowest BCUT2D eigenvalue weighted by atomic mass is 10.0. The number of phenolic OH excluding ortho intramolecular Hbond substituents is 1. The van der Waals surface area contributed by atoms with Crippen LogP contribution < -0.4 is 10.1 Å². The number of hydrogen-bond donors (Lipinski definition) is 2. The summed E-state index contributed by atoms with van der Waals surface area (Å²) in [6.45, 7) is 9.32. The molecule has 0 saturated heterocycles. The number of phenols is 1. The summed E-state index contributed by atoms with van der Waals surface area (Å²) in [5.74, 6) is 1.47. The summed E-state index contributed by atoms with van der Waals surface area (Å²) in [6.07, 6.45) is 1.80. The molecule has 0 aliphatic rings. The van der Waals surface area contributed by atoms with Crippen molar-refractivity contribution in [1.82, 2.24) is 10.3 Å². The fourth-order valence-electron chi connectivity index (χ4n) is 3.26. The van der Waals surface area contributed by atoms with Gasteiger partial charge in [0.05, 0.1) is 5.69 Å². The maximum Gasteiger partial charge on any atom is 0.169 e. The molecule has 3 aromatic rings. The fourth-order valence-corrected chi connectivity index (χ4v) is 3.26. The van der Waals surface area contributed by atoms with E-state index in [2.05, 4.69) is 29.4 Å². The Hall–Kier alpha value is -2.85. The molecule has 4 heteroatoms. The number of hydrogen-bond acceptors (Lipinski definition) is 4. The van der Waals surface area contributed by atoms with Crippen LogP contribution in [0, 0.1) is 27.7 Å². The summed E-state index contributed by atoms with van der Waals surface area (Å²) in [5.41, 5.74) is 6.14. The van der Waals surface area contributed by atoms with Crippen molar-refractivity contribution in [3.8, 4) is 17.2 Å². The highest BCUT2D eigenvalue weighted by Gasteiger charge is 2.14. The molecule has 0 spiro atoms. The molecule has 0 unspecified atom stereocenters. The van der Waals surface area contributed by atoms with Gasteiger partial charge in [-0.2, -0.15) is 0 Å². The van der Waals surface area contributed by atoms with E-state index in [0.717, 1.165) is 33.7 Å². The molecule has 0 fully saturated rings. The average molecular weight is 362 g/mol. The number of benzene rings is 2. The van der Waals surface area contributed by atoms with Crippen LogP contribution in [0.3, 0.4) is 0 Å². The second-order valence-electron chi connectivity index (χ2n) is 7.03. The Labute approximate surface area is 160 Å². The van der Waals surface area contributed by atoms with Crippen molar-refractivity contribution in [1.29, 1.82) is 0 Å². The SMILES string of the molecule is Cc1cc(C)c(Oc2cc(C)cc(C)c2O)c(CNCc2ccccn2)c1. The molecule has 3 rings (SSSR count). The highest BCUT2D eigenvalue weighted by Crippen LogP contribution is 2.37. The summed E-state index contributed by atoms with van der Waals surface area (Å²) >= 11 is 0. The van der Waals surface area contributed by atoms with Crippen LogP contribution in [-0.4, -0.2) is 10.1 Å². The zero-order chi connectivity index (χ0) is 19.4. The molecule has 140 valence electrons. The van der Waals surface area contributed by atoms with Crippen LogP contribution in [0.2, 0.25) is 0 Å². The molecule has 1 aromatic heterocycles. The van der Waals surface area contributed by atoms with Crippen LogP contribution in [0.4, 0.5) is 0 Å². The van der Waals surface area contributed by atoms with Crippen molar-refractivity contribution in [3.05, 3.63) is 82.2 Å². The van der Waals surface area contributed by atoms with E-state index in [1.165, 1.54) is 5.56 Å². The second-order valence-corrected chi connectivity index (χ2v) is 7.03. The number of aromatic hydroxyl groups is 1. The van der Waals surface area contributed by atoms with Crippen LogP contribution in [0.1, 0.15) is 33.5 Å². The van der Waals surface area contributed by atoms with E-state index in [4.69, 9.17) is 4.74 Å². The number of ether oxygens (including phenoxy) is 1. The molecule has 0 amide bonds. The van der Waals surface area contributed by atoms with Gasteiger partial charge in [0.25, 0.3) is 0 Å². The standard InChI is InChI=1S/C23H26N2O2/c1-15-10-18(4)23(27-21-12-16(2)9-17(3)22(21)26)19(11-15)13-24-14-20-7-5-6-8-25-20/h5-12,24,26H,13-14H2,1-4H3. The third kappa shape index (κ3) is 4.66. The molecule has 0 radical (unpaired) electrons. The van der Waals surface area contributed by atoms with E-state index in [9.17, 15) is 5.11 Å². The van der Waals surface area contributed by atoms with Gasteiger partial charge >= 0.3 is 0 Å². The van der Waals surface area contributed by atoms with E-state index in [1.807, 2.05) is 51.1 Å². The normalized spacial score (nSPS) is 10.8. The van der Waals surface area contributed by atoms with E-state index in [-0.39, 0.29) is 5.75 Å². The molecule has 27 heavy (non-hydrogen) atoms. The van der Waals surface area contributed by atoms with Crippen LogP contribution in [0.15, 0.2) is 48.7 Å². The molecule has 2 N–H and O–H groups in total. The lowest BCUT2D eigenvalue weighted by Crippen LogP contribution is -2.14. The molecule has 0 aliphatic heterocycles. The zero-order valence-corrected chi connectivity index (χ0v) is 16.3. The van der Waals surface area contributed by atoms with Crippen molar-refractivity contribution in [3.63, 3.8) is 0 Å². The minimum Gasteiger partial charge on any atom is -0.504 e. The molecule has 0 atom stereocenters. The summed E-state index contributed by atoms with van der Waals surface area (Å²) < 4.78 is 6.18. The minimum atomic E-state index is 0.188. The fraction of sp³-hybridized carbons (Fsp3) is 0.261. The lowest BCUT2D eigenvalue weighted by molar-refractivity contribution is 0.403. The molecular formula is C23H26N2O2. The van der Waals surface area contributed by atoms with Crippen LogP contribution in [-0.2, 0) is 13.1 Å². The number of nitrogens with one attached hydrogen (secondary N) is 1. The van der Waals surface area contributed by atoms with Gasteiger partial charge in [-0.25, -0.2) is 0 Å². The quantitative estimate of drug-likeness (QED) is 0.640. The zero-order valence-electron chi connectivity index (χ0n) is 16.3. The van der Waals surface area contributed by atoms with Gasteiger partial charge in [-0.1, -0.05) is 29.8 Å². The van der Waals surface area contributed by atoms with Gasteiger partial charge in [-0.05, 0) is 62.6 Å². The molecule has 0 aliphatic carbocycles. The molecular weight excluding hydrogens is 336 g/mol. The second kappa shape index (κ2) is 8.23. The predicted octanol–water partition coefficient (Wildman–Crippen LogP) is 5.10. The van der Waals surface area contributed by atoms with E-state index >= 15 is 0 Å². The first kappa shape index (κ1) is 18.9. The summed E-state index contributed by atoms with van der Waals surface area (Å²) in [6, 6.07) is 13.9. The van der Waals surface area contributed by atoms with E-state index < -0.39 is 0 Å². The van der Waals surface area contributed by atoms with Gasteiger partial charge in [0, 0.05) is 24.8 Å². The lowest BCUT2D eigenvalue weighted by Gasteiger charge is -2.17. The number of rotatable bonds is 6. The van der Waals surface area contributed by atoms with E-state index in [1.54, 1.807) is 6.20 Å². The van der Waals surface area contributed by atoms with Crippen molar-refractivity contribution in [2.75, 3.05) is 0 Å². The monoisotopic (exact) mass is 362 g/mol. The Morgan fingerprint density at radius 3 is 2.41 bits per heavy atom. The summed E-state index contributed by atoms with van der Waals surface area (Å²) in [5, 5.41) is 13.8. The van der Waals surface area contributed by atoms with Crippen molar-refractivity contribution in [2.24, 2.45) is 0 Å². The first-order chi connectivity index (χ1) is 12.9.